The first-order chi connectivity index (χ1) is 8.50. The van der Waals surface area contributed by atoms with Gasteiger partial charge < -0.3 is 0 Å². The second kappa shape index (κ2) is 5.19. The Bertz CT molecular complexity index is 579. The smallest absolute Gasteiger partial charge is 0.130 e. The van der Waals surface area contributed by atoms with E-state index in [2.05, 4.69) is 15.9 Å². The summed E-state index contributed by atoms with van der Waals surface area (Å²) < 4.78 is 27.2. The first-order valence-corrected chi connectivity index (χ1v) is 6.57. The van der Waals surface area contributed by atoms with Gasteiger partial charge in [-0.3, -0.25) is 0 Å². The largest absolute Gasteiger partial charge is 0.207 e. The molecule has 0 amide bonds. The molecule has 3 heteroatoms. The third kappa shape index (κ3) is 2.46. The summed E-state index contributed by atoms with van der Waals surface area (Å²) in [5.41, 5.74) is 2.58. The Labute approximate surface area is 114 Å². The predicted molar refractivity (Wildman–Crippen MR) is 73.0 cm³/mol. The molecule has 0 radical (unpaired) electrons. The molecule has 0 N–H and O–H groups in total. The highest BCUT2D eigenvalue weighted by atomic mass is 79.9. The average Bonchev–Trinajstić information content (AvgIpc) is 2.35. The third-order valence-electron chi connectivity index (χ3n) is 2.97. The van der Waals surface area contributed by atoms with Crippen molar-refractivity contribution in [3.63, 3.8) is 0 Å². The number of alkyl halides is 1. The van der Waals surface area contributed by atoms with Crippen LogP contribution in [0.5, 0.6) is 0 Å². The molecule has 0 bridgehead atoms. The van der Waals surface area contributed by atoms with E-state index in [0.717, 1.165) is 5.56 Å². The van der Waals surface area contributed by atoms with Crippen LogP contribution in [0.25, 0.3) is 0 Å². The topological polar surface area (TPSA) is 0 Å². The van der Waals surface area contributed by atoms with Crippen molar-refractivity contribution in [1.29, 1.82) is 0 Å². The fraction of sp³-hybridized carbons (Fsp3) is 0.200. The van der Waals surface area contributed by atoms with Crippen molar-refractivity contribution in [2.24, 2.45) is 0 Å². The Morgan fingerprint density at radius 2 is 1.72 bits per heavy atom. The van der Waals surface area contributed by atoms with Gasteiger partial charge in [-0.05, 0) is 36.6 Å². The zero-order valence-corrected chi connectivity index (χ0v) is 11.8. The standard InChI is InChI=1S/C15H13BrF2/c1-9-4-3-5-12(15(9)18)14(16)11-6-7-13(17)10(2)8-11/h3-8,14H,1-2H3. The molecule has 0 nitrogen and oxygen atoms in total. The minimum absolute atomic E-state index is 0.221. The average molecular weight is 311 g/mol. The van der Waals surface area contributed by atoms with Gasteiger partial charge >= 0.3 is 0 Å². The summed E-state index contributed by atoms with van der Waals surface area (Å²) in [6.45, 7) is 3.43. The van der Waals surface area contributed by atoms with Crippen LogP contribution >= 0.6 is 15.9 Å². The number of benzene rings is 2. The molecule has 0 saturated heterocycles. The number of hydrogen-bond acceptors (Lipinski definition) is 0. The molecule has 2 aromatic carbocycles. The quantitative estimate of drug-likeness (QED) is 0.680. The third-order valence-corrected chi connectivity index (χ3v) is 3.99. The van der Waals surface area contributed by atoms with Gasteiger partial charge in [-0.25, -0.2) is 8.78 Å². The van der Waals surface area contributed by atoms with Gasteiger partial charge in [0.05, 0.1) is 4.83 Å². The fourth-order valence-corrected chi connectivity index (χ4v) is 2.51. The second-order valence-electron chi connectivity index (χ2n) is 4.35. The minimum Gasteiger partial charge on any atom is -0.207 e. The molecule has 0 aliphatic rings. The molecule has 0 aliphatic carbocycles. The monoisotopic (exact) mass is 310 g/mol. The van der Waals surface area contributed by atoms with Gasteiger partial charge in [0.25, 0.3) is 0 Å². The summed E-state index contributed by atoms with van der Waals surface area (Å²) in [6.07, 6.45) is 0. The number of hydrogen-bond donors (Lipinski definition) is 0. The van der Waals surface area contributed by atoms with Gasteiger partial charge in [0.2, 0.25) is 0 Å². The highest BCUT2D eigenvalue weighted by Crippen LogP contribution is 2.33. The molecule has 0 saturated carbocycles. The molecule has 0 spiro atoms. The van der Waals surface area contributed by atoms with E-state index in [0.29, 0.717) is 16.7 Å². The van der Waals surface area contributed by atoms with Crippen LogP contribution < -0.4 is 0 Å². The minimum atomic E-state index is -0.267. The van der Waals surface area contributed by atoms with Crippen LogP contribution in [0.1, 0.15) is 27.1 Å². The molecule has 0 aromatic heterocycles. The number of aryl methyl sites for hydroxylation is 2. The van der Waals surface area contributed by atoms with Crippen LogP contribution in [-0.4, -0.2) is 0 Å². The zero-order valence-electron chi connectivity index (χ0n) is 10.2. The van der Waals surface area contributed by atoms with E-state index in [1.807, 2.05) is 6.07 Å². The second-order valence-corrected chi connectivity index (χ2v) is 5.26. The number of rotatable bonds is 2. The van der Waals surface area contributed by atoms with Crippen LogP contribution in [0.4, 0.5) is 8.78 Å². The van der Waals surface area contributed by atoms with Crippen LogP contribution in [-0.2, 0) is 0 Å². The molecule has 0 aliphatic heterocycles. The molecular formula is C15H13BrF2. The van der Waals surface area contributed by atoms with Gasteiger partial charge in [0.1, 0.15) is 11.6 Å². The lowest BCUT2D eigenvalue weighted by molar-refractivity contribution is 0.603. The molecule has 0 heterocycles. The Kier molecular flexibility index (Phi) is 3.81. The SMILES string of the molecule is Cc1cc(C(Br)c2cccc(C)c2F)ccc1F. The highest BCUT2D eigenvalue weighted by molar-refractivity contribution is 9.09. The first-order valence-electron chi connectivity index (χ1n) is 5.66. The van der Waals surface area contributed by atoms with E-state index in [-0.39, 0.29) is 16.5 Å². The molecule has 18 heavy (non-hydrogen) atoms. The maximum absolute atomic E-state index is 14.0. The van der Waals surface area contributed by atoms with E-state index in [9.17, 15) is 8.78 Å². The van der Waals surface area contributed by atoms with Crippen molar-refractivity contribution in [1.82, 2.24) is 0 Å². The van der Waals surface area contributed by atoms with Crippen LogP contribution in [0.3, 0.4) is 0 Å². The summed E-state index contributed by atoms with van der Waals surface area (Å²) in [5, 5.41) is 0. The highest BCUT2D eigenvalue weighted by Gasteiger charge is 2.16. The summed E-state index contributed by atoms with van der Waals surface area (Å²) in [5.74, 6) is -0.468. The molecular weight excluding hydrogens is 298 g/mol. The van der Waals surface area contributed by atoms with Crippen LogP contribution in [0.2, 0.25) is 0 Å². The first kappa shape index (κ1) is 13.2. The number of halogens is 3. The van der Waals surface area contributed by atoms with E-state index in [4.69, 9.17) is 0 Å². The lowest BCUT2D eigenvalue weighted by Gasteiger charge is -2.13. The Balaban J connectivity index is 2.44. The van der Waals surface area contributed by atoms with Crippen LogP contribution in [0, 0.1) is 25.5 Å². The lowest BCUT2D eigenvalue weighted by atomic mass is 10.0. The van der Waals surface area contributed by atoms with Crippen molar-refractivity contribution in [3.8, 4) is 0 Å². The molecule has 94 valence electrons. The molecule has 1 atom stereocenters. The Morgan fingerprint density at radius 3 is 2.39 bits per heavy atom. The summed E-state index contributed by atoms with van der Waals surface area (Å²) in [4.78, 5) is -0.267. The summed E-state index contributed by atoms with van der Waals surface area (Å²) >= 11 is 3.48. The lowest BCUT2D eigenvalue weighted by Crippen LogP contribution is -1.99. The summed E-state index contributed by atoms with van der Waals surface area (Å²) in [6, 6.07) is 10.1. The maximum atomic E-state index is 14.0. The van der Waals surface area contributed by atoms with Gasteiger partial charge in [0.15, 0.2) is 0 Å². The summed E-state index contributed by atoms with van der Waals surface area (Å²) in [7, 11) is 0. The van der Waals surface area contributed by atoms with E-state index < -0.39 is 0 Å². The van der Waals surface area contributed by atoms with Gasteiger partial charge in [0, 0.05) is 5.56 Å². The van der Waals surface area contributed by atoms with Crippen molar-refractivity contribution in [2.75, 3.05) is 0 Å². The van der Waals surface area contributed by atoms with Gasteiger partial charge in [-0.1, -0.05) is 46.3 Å². The van der Waals surface area contributed by atoms with E-state index in [1.54, 1.807) is 38.1 Å². The molecule has 2 aromatic rings. The van der Waals surface area contributed by atoms with E-state index >= 15 is 0 Å². The van der Waals surface area contributed by atoms with Gasteiger partial charge in [-0.2, -0.15) is 0 Å². The van der Waals surface area contributed by atoms with Crippen LogP contribution in [0.15, 0.2) is 36.4 Å². The molecule has 2 rings (SSSR count). The van der Waals surface area contributed by atoms with Crippen molar-refractivity contribution in [2.45, 2.75) is 18.7 Å². The van der Waals surface area contributed by atoms with Crippen molar-refractivity contribution >= 4 is 15.9 Å². The zero-order chi connectivity index (χ0) is 13.3. The van der Waals surface area contributed by atoms with Crippen molar-refractivity contribution < 1.29 is 8.78 Å². The van der Waals surface area contributed by atoms with Gasteiger partial charge in [-0.15, -0.1) is 0 Å². The predicted octanol–water partition coefficient (Wildman–Crippen LogP) is 5.07. The molecule has 0 fully saturated rings. The normalized spacial score (nSPS) is 12.5. The fourth-order valence-electron chi connectivity index (χ4n) is 1.87. The Morgan fingerprint density at radius 1 is 1.00 bits per heavy atom. The molecule has 1 unspecified atom stereocenters. The van der Waals surface area contributed by atoms with E-state index in [1.165, 1.54) is 6.07 Å². The Hall–Kier alpha value is -1.22. The maximum Gasteiger partial charge on any atom is 0.130 e. The van der Waals surface area contributed by atoms with Crippen molar-refractivity contribution in [3.05, 3.63) is 70.3 Å².